The van der Waals surface area contributed by atoms with Gasteiger partial charge in [-0.3, -0.25) is 14.0 Å². The first-order valence-electron chi connectivity index (χ1n) is 12.2. The average molecular weight is 484 g/mol. The highest BCUT2D eigenvalue weighted by molar-refractivity contribution is 6.28. The van der Waals surface area contributed by atoms with Gasteiger partial charge in [-0.05, 0) is 80.5 Å². The molecule has 5 nitrogen and oxygen atoms in total. The zero-order valence-electron chi connectivity index (χ0n) is 21.3. The Morgan fingerprint density at radius 2 is 1.68 bits per heavy atom. The van der Waals surface area contributed by atoms with E-state index in [1.165, 1.54) is 0 Å². The number of imidazole rings is 1. The van der Waals surface area contributed by atoms with Crippen LogP contribution < -0.4 is 21.6 Å². The van der Waals surface area contributed by atoms with Crippen LogP contribution in [0.2, 0.25) is 0 Å². The Bertz CT molecular complexity index is 2250. The second-order valence-corrected chi connectivity index (χ2v) is 9.85. The Kier molecular flexibility index (Phi) is 4.89. The van der Waals surface area contributed by atoms with Crippen LogP contribution in [0.5, 0.6) is 0 Å². The molecule has 6 aromatic rings. The maximum absolute atomic E-state index is 13.8. The first-order valence-corrected chi connectivity index (χ1v) is 12.2. The number of rotatable bonds is 3. The molecule has 0 atom stereocenters. The lowest BCUT2D eigenvalue weighted by Crippen LogP contribution is -2.15. The topological polar surface area (TPSA) is 63.8 Å². The van der Waals surface area contributed by atoms with E-state index in [4.69, 9.17) is 9.98 Å². The molecule has 2 aromatic heterocycles. The largest absolute Gasteiger partial charge is 0.289 e. The van der Waals surface area contributed by atoms with E-state index in [1.54, 1.807) is 28.7 Å². The summed E-state index contributed by atoms with van der Waals surface area (Å²) in [5, 5.41) is 5.40. The van der Waals surface area contributed by atoms with E-state index in [2.05, 4.69) is 19.2 Å². The van der Waals surface area contributed by atoms with Gasteiger partial charge in [0.05, 0.1) is 22.1 Å². The van der Waals surface area contributed by atoms with Gasteiger partial charge in [0.2, 0.25) is 0 Å². The zero-order chi connectivity index (χ0) is 26.2. The van der Waals surface area contributed by atoms with Gasteiger partial charge in [-0.25, -0.2) is 9.98 Å². The molecule has 0 aliphatic carbocycles. The van der Waals surface area contributed by atoms with E-state index in [1.807, 2.05) is 52.0 Å². The number of nitrogens with zero attached hydrogens (tertiary/aromatic N) is 3. The van der Waals surface area contributed by atoms with Crippen LogP contribution in [0.4, 0.5) is 0 Å². The predicted octanol–water partition coefficient (Wildman–Crippen LogP) is 5.31. The van der Waals surface area contributed by atoms with Gasteiger partial charge in [0.15, 0.2) is 5.43 Å². The van der Waals surface area contributed by atoms with Gasteiger partial charge in [0.1, 0.15) is 5.65 Å². The zero-order valence-corrected chi connectivity index (χ0v) is 21.3. The molecule has 0 N–H and O–H groups in total. The molecule has 0 bridgehead atoms. The van der Waals surface area contributed by atoms with Gasteiger partial charge in [0, 0.05) is 32.3 Å². The van der Waals surface area contributed by atoms with E-state index >= 15 is 0 Å². The molecule has 0 unspecified atom stereocenters. The lowest BCUT2D eigenvalue weighted by molar-refractivity contribution is 1.19. The predicted molar refractivity (Wildman–Crippen MR) is 153 cm³/mol. The number of pyridine rings is 1. The van der Waals surface area contributed by atoms with Crippen molar-refractivity contribution in [3.05, 3.63) is 115 Å². The van der Waals surface area contributed by atoms with Crippen LogP contribution in [0.1, 0.15) is 26.3 Å². The van der Waals surface area contributed by atoms with Crippen molar-refractivity contribution < 1.29 is 0 Å². The highest BCUT2D eigenvalue weighted by atomic mass is 16.1. The van der Waals surface area contributed by atoms with Crippen LogP contribution in [0.25, 0.3) is 55.6 Å². The molecule has 0 aliphatic rings. The SMILES string of the molecule is C=CC(/N=c1\c(C)cc(=O)c2ccc3c(=O)n4c5ccccc5nc4c4c(=C)c1c2c34)=C(/C)C=C(C)C. The summed E-state index contributed by atoms with van der Waals surface area (Å²) in [4.78, 5) is 37.1. The third-order valence-electron chi connectivity index (χ3n) is 7.08. The fourth-order valence-electron chi connectivity index (χ4n) is 5.57. The average Bonchev–Trinajstić information content (AvgIpc) is 3.35. The van der Waals surface area contributed by atoms with Gasteiger partial charge < -0.3 is 0 Å². The summed E-state index contributed by atoms with van der Waals surface area (Å²) in [6.45, 7) is 16.4. The van der Waals surface area contributed by atoms with Crippen molar-refractivity contribution >= 4 is 55.6 Å². The smallest absolute Gasteiger partial charge is 0.264 e. The van der Waals surface area contributed by atoms with Crippen LogP contribution in [0, 0.1) is 6.92 Å². The maximum Gasteiger partial charge on any atom is 0.264 e. The van der Waals surface area contributed by atoms with Gasteiger partial charge >= 0.3 is 0 Å². The van der Waals surface area contributed by atoms with E-state index in [-0.39, 0.29) is 11.0 Å². The third kappa shape index (κ3) is 3.10. The van der Waals surface area contributed by atoms with E-state index < -0.39 is 0 Å². The summed E-state index contributed by atoms with van der Waals surface area (Å²) in [6, 6.07) is 12.7. The fourth-order valence-corrected chi connectivity index (χ4v) is 5.57. The lowest BCUT2D eigenvalue weighted by Gasteiger charge is -2.03. The van der Waals surface area contributed by atoms with Crippen molar-refractivity contribution in [2.45, 2.75) is 27.7 Å². The van der Waals surface area contributed by atoms with Crippen molar-refractivity contribution in [3.8, 4) is 0 Å². The minimum absolute atomic E-state index is 0.122. The summed E-state index contributed by atoms with van der Waals surface area (Å²) in [6.07, 6.45) is 3.78. The molecular formula is C32H25N3O2. The molecule has 0 saturated carbocycles. The van der Waals surface area contributed by atoms with E-state index in [0.29, 0.717) is 38.1 Å². The van der Waals surface area contributed by atoms with Gasteiger partial charge in [-0.2, -0.15) is 0 Å². The molecule has 0 fully saturated rings. The van der Waals surface area contributed by atoms with Crippen LogP contribution in [0.3, 0.4) is 0 Å². The third-order valence-corrected chi connectivity index (χ3v) is 7.08. The maximum atomic E-state index is 13.8. The number of aromatic nitrogens is 2. The lowest BCUT2D eigenvalue weighted by atomic mass is 10.1. The Balaban J connectivity index is 1.98. The van der Waals surface area contributed by atoms with Crippen molar-refractivity contribution in [3.63, 3.8) is 0 Å². The molecule has 0 radical (unpaired) electrons. The van der Waals surface area contributed by atoms with Gasteiger partial charge in [-0.15, -0.1) is 0 Å². The molecule has 6 rings (SSSR count). The molecule has 5 heteroatoms. The Morgan fingerprint density at radius 1 is 0.973 bits per heavy atom. The molecule has 2 heterocycles. The van der Waals surface area contributed by atoms with Crippen molar-refractivity contribution in [2.24, 2.45) is 4.99 Å². The molecule has 0 amide bonds. The molecule has 0 saturated heterocycles. The Hall–Kier alpha value is -4.64. The van der Waals surface area contributed by atoms with Crippen molar-refractivity contribution in [1.82, 2.24) is 9.38 Å². The summed E-state index contributed by atoms with van der Waals surface area (Å²) in [7, 11) is 0. The van der Waals surface area contributed by atoms with Gasteiger partial charge in [0.25, 0.3) is 5.56 Å². The Labute approximate surface area is 212 Å². The second kappa shape index (κ2) is 7.93. The molecule has 37 heavy (non-hydrogen) atoms. The molecular weight excluding hydrogens is 458 g/mol. The number of hydrogen-bond acceptors (Lipinski definition) is 4. The number of allylic oxidation sites excluding steroid dienone is 4. The normalized spacial score (nSPS) is 13.4. The minimum Gasteiger partial charge on any atom is -0.289 e. The number of hydrogen-bond donors (Lipinski definition) is 0. The molecule has 180 valence electrons. The summed E-state index contributed by atoms with van der Waals surface area (Å²) in [5.74, 6) is 0. The summed E-state index contributed by atoms with van der Waals surface area (Å²) < 4.78 is 1.66. The first kappa shape index (κ1) is 22.8. The van der Waals surface area contributed by atoms with Crippen LogP contribution >= 0.6 is 0 Å². The molecule has 0 spiro atoms. The number of fused-ring (bicyclic) bond motifs is 4. The van der Waals surface area contributed by atoms with Crippen LogP contribution in [-0.2, 0) is 0 Å². The number of benzene rings is 2. The Morgan fingerprint density at radius 3 is 2.41 bits per heavy atom. The van der Waals surface area contributed by atoms with Crippen molar-refractivity contribution in [2.75, 3.05) is 0 Å². The van der Waals surface area contributed by atoms with Crippen LogP contribution in [0.15, 0.2) is 92.6 Å². The van der Waals surface area contributed by atoms with Crippen LogP contribution in [-0.4, -0.2) is 9.38 Å². The monoisotopic (exact) mass is 483 g/mol. The first-order chi connectivity index (χ1) is 17.7. The van der Waals surface area contributed by atoms with Gasteiger partial charge in [-0.1, -0.05) is 36.9 Å². The fraction of sp³-hybridized carbons (Fsp3) is 0.125. The second-order valence-electron chi connectivity index (χ2n) is 9.85. The summed E-state index contributed by atoms with van der Waals surface area (Å²) >= 11 is 0. The highest BCUT2D eigenvalue weighted by Gasteiger charge is 2.22. The summed E-state index contributed by atoms with van der Waals surface area (Å²) in [5.41, 5.74) is 5.30. The van der Waals surface area contributed by atoms with E-state index in [9.17, 15) is 9.59 Å². The minimum atomic E-state index is -0.162. The van der Waals surface area contributed by atoms with Crippen molar-refractivity contribution in [1.29, 1.82) is 0 Å². The molecule has 4 aromatic carbocycles. The highest BCUT2D eigenvalue weighted by Crippen LogP contribution is 2.32. The quantitative estimate of drug-likeness (QED) is 0.321. The number of para-hydroxylation sites is 2. The number of aryl methyl sites for hydroxylation is 1. The van der Waals surface area contributed by atoms with E-state index in [0.717, 1.165) is 43.9 Å². The standard InChI is InChI=1S/C32H25N3O2/c1-7-22(17(4)14-16(2)3)33-30-18(5)15-25(36)20-12-13-21-29-27(19(6)26(30)28(20)29)31-34-23-10-8-9-11-24(23)35(31)32(21)37/h7-15H,1,6H2,2-5H3/b22-17+,33-30+. The molecule has 0 aliphatic heterocycles.